The van der Waals surface area contributed by atoms with Crippen LogP contribution >= 0.6 is 0 Å². The Morgan fingerprint density at radius 1 is 1.44 bits per heavy atom. The van der Waals surface area contributed by atoms with Gasteiger partial charge in [-0.05, 0) is 18.9 Å². The predicted molar refractivity (Wildman–Crippen MR) is 59.9 cm³/mol. The number of amides is 1. The van der Waals surface area contributed by atoms with Gasteiger partial charge in [0.2, 0.25) is 5.95 Å². The van der Waals surface area contributed by atoms with Crippen LogP contribution in [0.5, 0.6) is 0 Å². The van der Waals surface area contributed by atoms with E-state index in [0.29, 0.717) is 12.8 Å². The molecule has 1 aromatic heterocycles. The Morgan fingerprint density at radius 2 is 2.11 bits per heavy atom. The highest BCUT2D eigenvalue weighted by atomic mass is 19.2. The number of halogens is 2. The molecule has 0 unspecified atom stereocenters. The molecule has 1 aromatic rings. The quantitative estimate of drug-likeness (QED) is 0.803. The zero-order valence-corrected chi connectivity index (χ0v) is 9.75. The first-order chi connectivity index (χ1) is 8.52. The number of carbonyl (C=O) groups is 1. The molecular weight excluding hydrogens is 242 g/mol. The molecule has 6 heteroatoms. The van der Waals surface area contributed by atoms with Crippen LogP contribution in [0.4, 0.5) is 8.78 Å². The van der Waals surface area contributed by atoms with Crippen LogP contribution in [0.2, 0.25) is 0 Å². The van der Waals surface area contributed by atoms with Gasteiger partial charge in [0.05, 0.1) is 11.2 Å². The van der Waals surface area contributed by atoms with Crippen LogP contribution in [-0.4, -0.2) is 28.1 Å². The van der Waals surface area contributed by atoms with Gasteiger partial charge in [0.15, 0.2) is 5.82 Å². The SMILES string of the molecule is O=C(NCC1(O)CCCC1)c1ccnc(F)c1F. The molecule has 4 nitrogen and oxygen atoms in total. The molecule has 1 saturated carbocycles. The highest BCUT2D eigenvalue weighted by Gasteiger charge is 2.31. The summed E-state index contributed by atoms with van der Waals surface area (Å²) in [5, 5.41) is 12.4. The molecule has 0 atom stereocenters. The van der Waals surface area contributed by atoms with Crippen LogP contribution in [0.25, 0.3) is 0 Å². The van der Waals surface area contributed by atoms with Gasteiger partial charge < -0.3 is 10.4 Å². The van der Waals surface area contributed by atoms with E-state index in [1.807, 2.05) is 0 Å². The zero-order chi connectivity index (χ0) is 13.2. The molecule has 1 heterocycles. The first-order valence-electron chi connectivity index (χ1n) is 5.82. The average molecular weight is 256 g/mol. The van der Waals surface area contributed by atoms with Crippen LogP contribution < -0.4 is 5.32 Å². The van der Waals surface area contributed by atoms with Gasteiger partial charge in [0, 0.05) is 12.7 Å². The fraction of sp³-hybridized carbons (Fsp3) is 0.500. The molecule has 0 saturated heterocycles. The average Bonchev–Trinajstić information content (AvgIpc) is 2.77. The predicted octanol–water partition coefficient (Wildman–Crippen LogP) is 1.39. The summed E-state index contributed by atoms with van der Waals surface area (Å²) in [6.45, 7) is 0.0508. The maximum Gasteiger partial charge on any atom is 0.254 e. The highest BCUT2D eigenvalue weighted by molar-refractivity contribution is 5.94. The highest BCUT2D eigenvalue weighted by Crippen LogP contribution is 2.28. The molecule has 0 radical (unpaired) electrons. The second kappa shape index (κ2) is 4.97. The summed E-state index contributed by atoms with van der Waals surface area (Å²) in [5.41, 5.74) is -1.32. The van der Waals surface area contributed by atoms with Crippen LogP contribution in [-0.2, 0) is 0 Å². The third-order valence-corrected chi connectivity index (χ3v) is 3.20. The second-order valence-electron chi connectivity index (χ2n) is 4.58. The van der Waals surface area contributed by atoms with Crippen LogP contribution in [0.15, 0.2) is 12.3 Å². The van der Waals surface area contributed by atoms with E-state index in [1.165, 1.54) is 0 Å². The molecule has 1 amide bonds. The van der Waals surface area contributed by atoms with E-state index in [-0.39, 0.29) is 6.54 Å². The molecule has 0 bridgehead atoms. The third-order valence-electron chi connectivity index (χ3n) is 3.20. The minimum atomic E-state index is -1.30. The molecule has 98 valence electrons. The van der Waals surface area contributed by atoms with Gasteiger partial charge in [0.25, 0.3) is 5.91 Å². The van der Waals surface area contributed by atoms with Gasteiger partial charge in [-0.2, -0.15) is 4.39 Å². The number of hydrogen-bond donors (Lipinski definition) is 2. The maximum absolute atomic E-state index is 13.3. The molecule has 1 aliphatic rings. The van der Waals surface area contributed by atoms with Crippen molar-refractivity contribution in [2.75, 3.05) is 6.54 Å². The lowest BCUT2D eigenvalue weighted by Gasteiger charge is -2.22. The second-order valence-corrected chi connectivity index (χ2v) is 4.58. The van der Waals surface area contributed by atoms with Crippen LogP contribution in [0.3, 0.4) is 0 Å². The van der Waals surface area contributed by atoms with Crippen LogP contribution in [0.1, 0.15) is 36.0 Å². The van der Waals surface area contributed by atoms with E-state index < -0.39 is 28.8 Å². The van der Waals surface area contributed by atoms with E-state index in [1.54, 1.807) is 0 Å². The summed E-state index contributed by atoms with van der Waals surface area (Å²) in [5.74, 6) is -3.32. The Bertz CT molecular complexity index is 459. The first kappa shape index (κ1) is 12.9. The lowest BCUT2D eigenvalue weighted by molar-refractivity contribution is 0.0448. The first-order valence-corrected chi connectivity index (χ1v) is 5.82. The van der Waals surface area contributed by atoms with Gasteiger partial charge in [-0.15, -0.1) is 0 Å². The number of carbonyl (C=O) groups excluding carboxylic acids is 1. The summed E-state index contributed by atoms with van der Waals surface area (Å²) in [4.78, 5) is 14.8. The molecule has 0 aromatic carbocycles. The number of nitrogens with zero attached hydrogens (tertiary/aromatic N) is 1. The summed E-state index contributed by atoms with van der Waals surface area (Å²) in [6, 6.07) is 1.10. The monoisotopic (exact) mass is 256 g/mol. The van der Waals surface area contributed by atoms with Gasteiger partial charge in [0.1, 0.15) is 0 Å². The molecule has 2 N–H and O–H groups in total. The van der Waals surface area contributed by atoms with Crippen molar-refractivity contribution in [2.45, 2.75) is 31.3 Å². The smallest absolute Gasteiger partial charge is 0.254 e. The summed E-state index contributed by atoms with van der Waals surface area (Å²) in [7, 11) is 0. The Labute approximate surface area is 103 Å². The fourth-order valence-corrected chi connectivity index (χ4v) is 2.14. The van der Waals surface area contributed by atoms with Crippen LogP contribution in [0, 0.1) is 11.8 Å². The van der Waals surface area contributed by atoms with E-state index in [9.17, 15) is 18.7 Å². The van der Waals surface area contributed by atoms with E-state index >= 15 is 0 Å². The fourth-order valence-electron chi connectivity index (χ4n) is 2.14. The summed E-state index contributed by atoms with van der Waals surface area (Å²) >= 11 is 0. The van der Waals surface area contributed by atoms with Gasteiger partial charge in [-0.1, -0.05) is 12.8 Å². The van der Waals surface area contributed by atoms with Crippen molar-refractivity contribution in [1.82, 2.24) is 10.3 Å². The zero-order valence-electron chi connectivity index (χ0n) is 9.75. The molecule has 1 fully saturated rings. The molecule has 0 spiro atoms. The lowest BCUT2D eigenvalue weighted by Crippen LogP contribution is -2.41. The number of aliphatic hydroxyl groups is 1. The van der Waals surface area contributed by atoms with Gasteiger partial charge in [-0.3, -0.25) is 4.79 Å². The molecule has 1 aliphatic carbocycles. The van der Waals surface area contributed by atoms with Crippen molar-refractivity contribution >= 4 is 5.91 Å². The largest absolute Gasteiger partial charge is 0.388 e. The topological polar surface area (TPSA) is 62.2 Å². The van der Waals surface area contributed by atoms with Crippen molar-refractivity contribution < 1.29 is 18.7 Å². The van der Waals surface area contributed by atoms with Crippen molar-refractivity contribution in [1.29, 1.82) is 0 Å². The summed E-state index contributed by atoms with van der Waals surface area (Å²) in [6.07, 6.45) is 4.06. The maximum atomic E-state index is 13.3. The van der Waals surface area contributed by atoms with Crippen molar-refractivity contribution in [2.24, 2.45) is 0 Å². The van der Waals surface area contributed by atoms with Crippen molar-refractivity contribution in [3.05, 3.63) is 29.6 Å². The number of pyridine rings is 1. The Morgan fingerprint density at radius 3 is 2.78 bits per heavy atom. The summed E-state index contributed by atoms with van der Waals surface area (Å²) < 4.78 is 26.1. The third kappa shape index (κ3) is 2.64. The number of aromatic nitrogens is 1. The molecular formula is C12H14F2N2O2. The minimum Gasteiger partial charge on any atom is -0.388 e. The Hall–Kier alpha value is -1.56. The normalized spacial score (nSPS) is 17.7. The molecule has 0 aliphatic heterocycles. The lowest BCUT2D eigenvalue weighted by atomic mass is 10.0. The Balaban J connectivity index is 2.01. The van der Waals surface area contributed by atoms with Gasteiger partial charge in [-0.25, -0.2) is 9.37 Å². The van der Waals surface area contributed by atoms with Gasteiger partial charge >= 0.3 is 0 Å². The van der Waals surface area contributed by atoms with E-state index in [2.05, 4.69) is 10.3 Å². The van der Waals surface area contributed by atoms with E-state index in [0.717, 1.165) is 25.1 Å². The van der Waals surface area contributed by atoms with Crippen molar-refractivity contribution in [3.8, 4) is 0 Å². The number of nitrogens with one attached hydrogen (secondary N) is 1. The Kier molecular flexibility index (Phi) is 3.56. The molecule has 2 rings (SSSR count). The van der Waals surface area contributed by atoms with E-state index in [4.69, 9.17) is 0 Å². The number of hydrogen-bond acceptors (Lipinski definition) is 3. The van der Waals surface area contributed by atoms with Crippen molar-refractivity contribution in [3.63, 3.8) is 0 Å². The molecule has 18 heavy (non-hydrogen) atoms. The minimum absolute atomic E-state index is 0.0508. The standard InChI is InChI=1S/C12H14F2N2O2/c13-9-8(3-6-15-10(9)14)11(17)16-7-12(18)4-1-2-5-12/h3,6,18H,1-2,4-5,7H2,(H,16,17). The number of rotatable bonds is 3.